The van der Waals surface area contributed by atoms with E-state index in [1.807, 2.05) is 0 Å². The molecule has 0 atom stereocenters. The minimum atomic E-state index is -0.470. The van der Waals surface area contributed by atoms with Crippen molar-refractivity contribution in [1.29, 1.82) is 0 Å². The van der Waals surface area contributed by atoms with Crippen molar-refractivity contribution in [2.45, 2.75) is 0 Å². The standard InChI is InChI=1S/C13H7FN2O/c14-12-8-15-13(16-9-12)11-5-3-10(4-6-11)2-1-7-17/h3-9H. The first-order valence-corrected chi connectivity index (χ1v) is 4.83. The Morgan fingerprint density at radius 2 is 1.76 bits per heavy atom. The van der Waals surface area contributed by atoms with E-state index in [0.717, 1.165) is 23.5 Å². The molecule has 1 heterocycles. The van der Waals surface area contributed by atoms with Crippen LogP contribution in [0.15, 0.2) is 36.7 Å². The van der Waals surface area contributed by atoms with E-state index in [4.69, 9.17) is 0 Å². The van der Waals surface area contributed by atoms with Gasteiger partial charge in [-0.3, -0.25) is 4.79 Å². The van der Waals surface area contributed by atoms with Crippen molar-refractivity contribution in [1.82, 2.24) is 9.97 Å². The molecule has 3 nitrogen and oxygen atoms in total. The van der Waals surface area contributed by atoms with Crippen LogP contribution in [0.2, 0.25) is 0 Å². The quantitative estimate of drug-likeness (QED) is 0.550. The van der Waals surface area contributed by atoms with Gasteiger partial charge in [0, 0.05) is 11.1 Å². The molecule has 0 N–H and O–H groups in total. The molecular weight excluding hydrogens is 219 g/mol. The molecule has 0 bridgehead atoms. The van der Waals surface area contributed by atoms with Crippen LogP contribution in [0.25, 0.3) is 11.4 Å². The third kappa shape index (κ3) is 2.73. The Bertz CT molecular complexity index is 580. The highest BCUT2D eigenvalue weighted by atomic mass is 19.1. The molecule has 1 aromatic heterocycles. The van der Waals surface area contributed by atoms with Crippen LogP contribution in [0.1, 0.15) is 5.56 Å². The Morgan fingerprint density at radius 1 is 1.12 bits per heavy atom. The minimum absolute atomic E-state index is 0.446. The molecule has 0 saturated carbocycles. The zero-order valence-electron chi connectivity index (χ0n) is 8.72. The lowest BCUT2D eigenvalue weighted by molar-refractivity contribution is -0.103. The van der Waals surface area contributed by atoms with Crippen LogP contribution in [-0.4, -0.2) is 16.3 Å². The van der Waals surface area contributed by atoms with Crippen LogP contribution < -0.4 is 0 Å². The summed E-state index contributed by atoms with van der Waals surface area (Å²) in [5.41, 5.74) is 1.49. The summed E-state index contributed by atoms with van der Waals surface area (Å²) < 4.78 is 12.6. The van der Waals surface area contributed by atoms with E-state index >= 15 is 0 Å². The van der Waals surface area contributed by atoms with E-state index in [-0.39, 0.29) is 0 Å². The molecule has 0 amide bonds. The maximum Gasteiger partial charge on any atom is 0.193 e. The van der Waals surface area contributed by atoms with Crippen molar-refractivity contribution in [3.8, 4) is 23.2 Å². The van der Waals surface area contributed by atoms with Gasteiger partial charge >= 0.3 is 0 Å². The maximum absolute atomic E-state index is 12.6. The second-order valence-corrected chi connectivity index (χ2v) is 3.19. The number of hydrogen-bond acceptors (Lipinski definition) is 3. The molecule has 0 fully saturated rings. The molecule has 0 aliphatic carbocycles. The fourth-order valence-electron chi connectivity index (χ4n) is 1.28. The Morgan fingerprint density at radius 3 is 2.35 bits per heavy atom. The number of carbonyl (C=O) groups is 1. The fraction of sp³-hybridized carbons (Fsp3) is 0. The first-order chi connectivity index (χ1) is 8.29. The highest BCUT2D eigenvalue weighted by Gasteiger charge is 2.00. The lowest BCUT2D eigenvalue weighted by Crippen LogP contribution is -1.89. The van der Waals surface area contributed by atoms with Crippen molar-refractivity contribution in [3.63, 3.8) is 0 Å². The second kappa shape index (κ2) is 4.99. The number of carbonyl (C=O) groups excluding carboxylic acids is 1. The van der Waals surface area contributed by atoms with E-state index in [0.29, 0.717) is 12.1 Å². The lowest BCUT2D eigenvalue weighted by atomic mass is 10.1. The first kappa shape index (κ1) is 11.0. The van der Waals surface area contributed by atoms with Gasteiger partial charge in [-0.25, -0.2) is 14.4 Å². The summed E-state index contributed by atoms with van der Waals surface area (Å²) in [7, 11) is 0. The van der Waals surface area contributed by atoms with Gasteiger partial charge < -0.3 is 0 Å². The normalized spacial score (nSPS) is 9.24. The van der Waals surface area contributed by atoms with E-state index in [9.17, 15) is 9.18 Å². The van der Waals surface area contributed by atoms with Gasteiger partial charge in [-0.1, -0.05) is 5.92 Å². The van der Waals surface area contributed by atoms with Crippen molar-refractivity contribution in [3.05, 3.63) is 48.0 Å². The van der Waals surface area contributed by atoms with Gasteiger partial charge in [0.2, 0.25) is 0 Å². The van der Waals surface area contributed by atoms with Crippen molar-refractivity contribution in [2.75, 3.05) is 0 Å². The minimum Gasteiger partial charge on any atom is -0.289 e. The Balaban J connectivity index is 2.29. The molecule has 82 valence electrons. The maximum atomic E-state index is 12.6. The average molecular weight is 226 g/mol. The molecule has 1 aromatic carbocycles. The molecule has 0 aliphatic heterocycles. The van der Waals surface area contributed by atoms with Gasteiger partial charge in [-0.15, -0.1) is 0 Å². The molecule has 0 radical (unpaired) electrons. The number of benzene rings is 1. The van der Waals surface area contributed by atoms with Gasteiger partial charge in [0.1, 0.15) is 0 Å². The lowest BCUT2D eigenvalue weighted by Gasteiger charge is -1.99. The SMILES string of the molecule is O=CC#Cc1ccc(-c2ncc(F)cn2)cc1. The van der Waals surface area contributed by atoms with Crippen LogP contribution in [0.4, 0.5) is 4.39 Å². The van der Waals surface area contributed by atoms with Crippen molar-refractivity contribution in [2.24, 2.45) is 0 Å². The Kier molecular flexibility index (Phi) is 3.22. The number of halogens is 1. The van der Waals surface area contributed by atoms with Crippen LogP contribution >= 0.6 is 0 Å². The zero-order valence-corrected chi connectivity index (χ0v) is 8.72. The fourth-order valence-corrected chi connectivity index (χ4v) is 1.28. The molecule has 0 aliphatic rings. The Hall–Kier alpha value is -2.54. The van der Waals surface area contributed by atoms with E-state index in [2.05, 4.69) is 21.8 Å². The molecule has 0 saturated heterocycles. The summed E-state index contributed by atoms with van der Waals surface area (Å²) in [4.78, 5) is 17.8. The predicted octanol–water partition coefficient (Wildman–Crippen LogP) is 1.83. The predicted molar refractivity (Wildman–Crippen MR) is 60.4 cm³/mol. The molecule has 2 rings (SSSR count). The topological polar surface area (TPSA) is 42.9 Å². The number of rotatable bonds is 1. The van der Waals surface area contributed by atoms with Gasteiger partial charge in [-0.2, -0.15) is 0 Å². The summed E-state index contributed by atoms with van der Waals surface area (Å²) in [6.07, 6.45) is 2.77. The van der Waals surface area contributed by atoms with Crippen LogP contribution in [0.3, 0.4) is 0 Å². The number of nitrogens with zero attached hydrogens (tertiary/aromatic N) is 2. The van der Waals surface area contributed by atoms with Gasteiger partial charge in [0.15, 0.2) is 17.9 Å². The smallest absolute Gasteiger partial charge is 0.193 e. The largest absolute Gasteiger partial charge is 0.289 e. The van der Waals surface area contributed by atoms with E-state index in [1.165, 1.54) is 0 Å². The third-order valence-corrected chi connectivity index (χ3v) is 2.04. The first-order valence-electron chi connectivity index (χ1n) is 4.83. The third-order valence-electron chi connectivity index (χ3n) is 2.04. The molecular formula is C13H7FN2O. The molecule has 4 heteroatoms. The van der Waals surface area contributed by atoms with E-state index < -0.39 is 5.82 Å². The van der Waals surface area contributed by atoms with Crippen molar-refractivity contribution < 1.29 is 9.18 Å². The van der Waals surface area contributed by atoms with Crippen LogP contribution in [0, 0.1) is 17.7 Å². The monoisotopic (exact) mass is 226 g/mol. The van der Waals surface area contributed by atoms with Crippen molar-refractivity contribution >= 4 is 6.29 Å². The van der Waals surface area contributed by atoms with Crippen LogP contribution in [0.5, 0.6) is 0 Å². The van der Waals surface area contributed by atoms with Gasteiger partial charge in [0.05, 0.1) is 12.4 Å². The average Bonchev–Trinajstić information content (AvgIpc) is 2.38. The summed E-state index contributed by atoms with van der Waals surface area (Å²) in [5.74, 6) is 4.96. The van der Waals surface area contributed by atoms with Crippen LogP contribution in [-0.2, 0) is 4.79 Å². The van der Waals surface area contributed by atoms with Gasteiger partial charge in [-0.05, 0) is 30.2 Å². The van der Waals surface area contributed by atoms with E-state index in [1.54, 1.807) is 24.3 Å². The number of aromatic nitrogens is 2. The summed E-state index contributed by atoms with van der Waals surface area (Å²) >= 11 is 0. The second-order valence-electron chi connectivity index (χ2n) is 3.19. The number of hydrogen-bond donors (Lipinski definition) is 0. The summed E-state index contributed by atoms with van der Waals surface area (Å²) in [5, 5.41) is 0. The van der Waals surface area contributed by atoms with Gasteiger partial charge in [0.25, 0.3) is 0 Å². The Labute approximate surface area is 97.3 Å². The summed E-state index contributed by atoms with van der Waals surface area (Å²) in [6, 6.07) is 7.03. The number of aldehydes is 1. The molecule has 2 aromatic rings. The molecule has 17 heavy (non-hydrogen) atoms. The highest BCUT2D eigenvalue weighted by Crippen LogP contribution is 2.14. The molecule has 0 spiro atoms. The summed E-state index contributed by atoms with van der Waals surface area (Å²) in [6.45, 7) is 0. The zero-order chi connectivity index (χ0) is 12.1. The highest BCUT2D eigenvalue weighted by molar-refractivity contribution is 5.74. The molecule has 0 unspecified atom stereocenters.